The molecule has 0 atom stereocenters. The minimum Gasteiger partial charge on any atom is -0.351 e. The van der Waals surface area contributed by atoms with Gasteiger partial charge in [0.2, 0.25) is 7.98 Å². The van der Waals surface area contributed by atoms with Crippen LogP contribution in [0.5, 0.6) is 0 Å². The highest BCUT2D eigenvalue weighted by molar-refractivity contribution is 6.04. The van der Waals surface area contributed by atoms with Crippen LogP contribution in [0.15, 0.2) is 0 Å². The lowest BCUT2D eigenvalue weighted by molar-refractivity contribution is 0.169. The number of hydrazine groups is 1. The maximum atomic E-state index is 5.49. The molecule has 5 heteroatoms. The zero-order chi connectivity index (χ0) is 6.69. The van der Waals surface area contributed by atoms with Gasteiger partial charge in [0, 0.05) is 26.2 Å². The summed E-state index contributed by atoms with van der Waals surface area (Å²) >= 11 is 0. The van der Waals surface area contributed by atoms with Gasteiger partial charge in [0.15, 0.2) is 7.98 Å². The Morgan fingerprint density at radius 3 is 2.11 bits per heavy atom. The summed E-state index contributed by atoms with van der Waals surface area (Å²) in [5.41, 5.74) is 0. The second kappa shape index (κ2) is 3.25. The molecular weight excluding hydrogens is 112 g/mol. The molecule has 0 aromatic rings. The number of nitrogens with zero attached hydrogens (tertiary/aromatic N) is 2. The molecule has 4 radical (unpaired) electrons. The van der Waals surface area contributed by atoms with Crippen LogP contribution >= 0.6 is 0 Å². The van der Waals surface area contributed by atoms with Crippen LogP contribution in [0.2, 0.25) is 0 Å². The molecule has 9 heavy (non-hydrogen) atoms. The van der Waals surface area contributed by atoms with Crippen molar-refractivity contribution in [3.63, 3.8) is 0 Å². The first-order valence-corrected chi connectivity index (χ1v) is 3.04. The van der Waals surface area contributed by atoms with Gasteiger partial charge in [0.05, 0.1) is 0 Å². The van der Waals surface area contributed by atoms with E-state index in [1.54, 1.807) is 4.81 Å². The average molecular weight is 121 g/mol. The SMILES string of the molecule is [B]NN1CCN([B])CC1. The van der Waals surface area contributed by atoms with Crippen molar-refractivity contribution in [3.8, 4) is 0 Å². The first-order valence-electron chi connectivity index (χ1n) is 3.04. The van der Waals surface area contributed by atoms with Crippen molar-refractivity contribution in [2.75, 3.05) is 26.2 Å². The standard InChI is InChI=1S/C4H9B2N3/c5-7-9-3-1-8(6)2-4-9/h7H,1-4H2. The number of hydrogen-bond acceptors (Lipinski definition) is 3. The Labute approximate surface area is 58.2 Å². The molecule has 0 aromatic carbocycles. The lowest BCUT2D eigenvalue weighted by Gasteiger charge is -2.32. The second-order valence-corrected chi connectivity index (χ2v) is 2.15. The molecule has 1 saturated heterocycles. The molecule has 1 aliphatic rings. The molecule has 46 valence electrons. The topological polar surface area (TPSA) is 18.5 Å². The van der Waals surface area contributed by atoms with Crippen LogP contribution in [0.3, 0.4) is 0 Å². The lowest BCUT2D eigenvalue weighted by atomic mass is 10.2. The summed E-state index contributed by atoms with van der Waals surface area (Å²) in [5.74, 6) is 0. The van der Waals surface area contributed by atoms with Crippen LogP contribution in [0.25, 0.3) is 0 Å². The number of rotatable bonds is 1. The van der Waals surface area contributed by atoms with Crippen molar-refractivity contribution >= 4 is 16.0 Å². The van der Waals surface area contributed by atoms with E-state index < -0.39 is 0 Å². The van der Waals surface area contributed by atoms with Gasteiger partial charge in [-0.15, -0.1) is 0 Å². The maximum Gasteiger partial charge on any atom is 0.202 e. The smallest absolute Gasteiger partial charge is 0.202 e. The zero-order valence-corrected chi connectivity index (χ0v) is 5.38. The van der Waals surface area contributed by atoms with Gasteiger partial charge in [0.25, 0.3) is 0 Å². The molecule has 0 aliphatic carbocycles. The third kappa shape index (κ3) is 2.01. The predicted molar refractivity (Wildman–Crippen MR) is 37.8 cm³/mol. The number of nitrogens with one attached hydrogen (secondary N) is 1. The summed E-state index contributed by atoms with van der Waals surface area (Å²) in [4.78, 5) is 1.79. The molecule has 0 saturated carbocycles. The number of piperazine rings is 1. The fourth-order valence-electron chi connectivity index (χ4n) is 0.851. The minimum absolute atomic E-state index is 0.879. The van der Waals surface area contributed by atoms with Crippen LogP contribution < -0.4 is 5.34 Å². The molecular formula is C4H9B2N3. The molecule has 1 rings (SSSR count). The normalized spacial score (nSPS) is 24.4. The highest BCUT2D eigenvalue weighted by Gasteiger charge is 2.09. The van der Waals surface area contributed by atoms with E-state index in [-0.39, 0.29) is 0 Å². The fourth-order valence-corrected chi connectivity index (χ4v) is 0.851. The van der Waals surface area contributed by atoms with Crippen molar-refractivity contribution in [2.45, 2.75) is 0 Å². The third-order valence-electron chi connectivity index (χ3n) is 1.50. The highest BCUT2D eigenvalue weighted by atomic mass is 15.5. The van der Waals surface area contributed by atoms with Gasteiger partial charge in [-0.3, -0.25) is 5.01 Å². The second-order valence-electron chi connectivity index (χ2n) is 2.15. The van der Waals surface area contributed by atoms with Crippen LogP contribution in [0.1, 0.15) is 0 Å². The highest BCUT2D eigenvalue weighted by Crippen LogP contribution is 1.92. The first-order chi connectivity index (χ1) is 4.33. The molecule has 0 unspecified atom stereocenters. The van der Waals surface area contributed by atoms with Crippen LogP contribution in [-0.4, -0.2) is 52.0 Å². The number of hydrogen-bond donors (Lipinski definition) is 1. The molecule has 0 amide bonds. The Kier molecular flexibility index (Phi) is 2.57. The molecule has 0 aromatic heterocycles. The summed E-state index contributed by atoms with van der Waals surface area (Å²) in [7, 11) is 10.7. The first kappa shape index (κ1) is 7.12. The Bertz CT molecular complexity index is 81.9. The molecule has 0 bridgehead atoms. The Morgan fingerprint density at radius 1 is 1.11 bits per heavy atom. The molecule has 3 nitrogen and oxygen atoms in total. The van der Waals surface area contributed by atoms with Crippen molar-refractivity contribution in [1.29, 1.82) is 0 Å². The van der Waals surface area contributed by atoms with E-state index in [0.717, 1.165) is 26.2 Å². The van der Waals surface area contributed by atoms with Gasteiger partial charge in [-0.05, 0) is 0 Å². The average Bonchev–Trinajstić information content (AvgIpc) is 1.90. The van der Waals surface area contributed by atoms with Gasteiger partial charge >= 0.3 is 0 Å². The zero-order valence-electron chi connectivity index (χ0n) is 5.38. The van der Waals surface area contributed by atoms with E-state index in [9.17, 15) is 0 Å². The van der Waals surface area contributed by atoms with Crippen LogP contribution in [0, 0.1) is 0 Å². The Hall–Kier alpha value is 0.00987. The van der Waals surface area contributed by atoms with E-state index in [1.165, 1.54) is 0 Å². The van der Waals surface area contributed by atoms with Crippen molar-refractivity contribution in [3.05, 3.63) is 0 Å². The third-order valence-corrected chi connectivity index (χ3v) is 1.50. The molecule has 1 fully saturated rings. The minimum atomic E-state index is 0.879. The van der Waals surface area contributed by atoms with Crippen LogP contribution in [-0.2, 0) is 0 Å². The van der Waals surface area contributed by atoms with E-state index >= 15 is 0 Å². The summed E-state index contributed by atoms with van der Waals surface area (Å²) in [6.45, 7) is 3.55. The lowest BCUT2D eigenvalue weighted by Crippen LogP contribution is -2.50. The van der Waals surface area contributed by atoms with Crippen molar-refractivity contribution in [2.24, 2.45) is 0 Å². The van der Waals surface area contributed by atoms with Gasteiger partial charge in [-0.2, -0.15) is 0 Å². The summed E-state index contributed by atoms with van der Waals surface area (Å²) in [6.07, 6.45) is 0. The van der Waals surface area contributed by atoms with E-state index in [1.807, 2.05) is 5.01 Å². The van der Waals surface area contributed by atoms with E-state index in [0.29, 0.717) is 0 Å². The quantitative estimate of drug-likeness (QED) is 0.416. The van der Waals surface area contributed by atoms with E-state index in [2.05, 4.69) is 5.34 Å². The molecule has 0 spiro atoms. The molecule has 1 N–H and O–H groups in total. The van der Waals surface area contributed by atoms with Crippen LogP contribution in [0.4, 0.5) is 0 Å². The van der Waals surface area contributed by atoms with Gasteiger partial charge in [0.1, 0.15) is 0 Å². The van der Waals surface area contributed by atoms with Gasteiger partial charge in [-0.25, -0.2) is 0 Å². The molecule has 1 aliphatic heterocycles. The largest absolute Gasteiger partial charge is 0.351 e. The molecule has 1 heterocycles. The van der Waals surface area contributed by atoms with Gasteiger partial charge in [-0.1, -0.05) is 0 Å². The Morgan fingerprint density at radius 2 is 1.67 bits per heavy atom. The summed E-state index contributed by atoms with van der Waals surface area (Å²) in [5, 5.41) is 4.51. The van der Waals surface area contributed by atoms with Gasteiger partial charge < -0.3 is 10.1 Å². The summed E-state index contributed by atoms with van der Waals surface area (Å²) < 4.78 is 0. The summed E-state index contributed by atoms with van der Waals surface area (Å²) in [6, 6.07) is 0. The van der Waals surface area contributed by atoms with Crippen molar-refractivity contribution < 1.29 is 0 Å². The fraction of sp³-hybridized carbons (Fsp3) is 1.00. The van der Waals surface area contributed by atoms with E-state index in [4.69, 9.17) is 16.0 Å². The van der Waals surface area contributed by atoms with Crippen molar-refractivity contribution in [1.82, 2.24) is 15.2 Å². The predicted octanol–water partition coefficient (Wildman–Crippen LogP) is -1.72. The monoisotopic (exact) mass is 121 g/mol. The maximum absolute atomic E-state index is 5.49. The Balaban J connectivity index is 2.18.